The van der Waals surface area contributed by atoms with E-state index in [0.717, 1.165) is 6.42 Å². The molecule has 0 fully saturated rings. The van der Waals surface area contributed by atoms with Crippen molar-refractivity contribution in [2.24, 2.45) is 0 Å². The molecule has 0 aliphatic carbocycles. The van der Waals surface area contributed by atoms with E-state index in [-0.39, 0.29) is 0 Å². The van der Waals surface area contributed by atoms with Crippen molar-refractivity contribution >= 4 is 0 Å². The summed E-state index contributed by atoms with van der Waals surface area (Å²) >= 11 is 0. The van der Waals surface area contributed by atoms with Crippen LogP contribution < -0.4 is 0 Å². The van der Waals surface area contributed by atoms with Gasteiger partial charge in [-0.25, -0.2) is 0 Å². The van der Waals surface area contributed by atoms with Gasteiger partial charge in [-0.1, -0.05) is 33.3 Å². The summed E-state index contributed by atoms with van der Waals surface area (Å²) in [7, 11) is 0. The van der Waals surface area contributed by atoms with Crippen LogP contribution in [0.1, 0.15) is 56.5 Å². The number of pyridine rings is 1. The molecule has 0 amide bonds. The van der Waals surface area contributed by atoms with E-state index in [1.165, 1.54) is 29.8 Å². The van der Waals surface area contributed by atoms with Gasteiger partial charge in [-0.3, -0.25) is 4.98 Å². The van der Waals surface area contributed by atoms with E-state index in [4.69, 9.17) is 0 Å². The Morgan fingerprint density at radius 2 is 2.00 bits per heavy atom. The fourth-order valence-electron chi connectivity index (χ4n) is 1.73. The number of rotatable bonds is 4. The van der Waals surface area contributed by atoms with Crippen molar-refractivity contribution < 1.29 is 0 Å². The van der Waals surface area contributed by atoms with Crippen LogP contribution in [0.25, 0.3) is 0 Å². The molecule has 0 aliphatic rings. The van der Waals surface area contributed by atoms with Crippen LogP contribution in [0.4, 0.5) is 0 Å². The van der Waals surface area contributed by atoms with Crippen molar-refractivity contribution in [3.63, 3.8) is 0 Å². The highest BCUT2D eigenvalue weighted by molar-refractivity contribution is 5.24. The van der Waals surface area contributed by atoms with Gasteiger partial charge in [0.15, 0.2) is 0 Å². The van der Waals surface area contributed by atoms with E-state index in [0.29, 0.717) is 5.92 Å². The average molecular weight is 191 g/mol. The minimum Gasteiger partial charge on any atom is -0.258 e. The van der Waals surface area contributed by atoms with Gasteiger partial charge >= 0.3 is 0 Å². The molecule has 1 aromatic rings. The van der Waals surface area contributed by atoms with E-state index in [9.17, 15) is 0 Å². The SMILES string of the molecule is CCCCc1ccc(C(C)C)c(C)n1. The molecule has 0 saturated heterocycles. The maximum atomic E-state index is 4.63. The Balaban J connectivity index is 2.78. The van der Waals surface area contributed by atoms with E-state index < -0.39 is 0 Å². The zero-order chi connectivity index (χ0) is 10.6. The molecular formula is C13H21N. The molecule has 0 atom stereocenters. The van der Waals surface area contributed by atoms with Gasteiger partial charge in [0.1, 0.15) is 0 Å². The number of hydrogen-bond acceptors (Lipinski definition) is 1. The number of hydrogen-bond donors (Lipinski definition) is 0. The summed E-state index contributed by atoms with van der Waals surface area (Å²) in [5.74, 6) is 0.586. The third-order valence-electron chi connectivity index (χ3n) is 2.59. The van der Waals surface area contributed by atoms with E-state index in [1.54, 1.807) is 0 Å². The lowest BCUT2D eigenvalue weighted by molar-refractivity contribution is 0.764. The number of unbranched alkanes of at least 4 members (excludes halogenated alkanes) is 1. The predicted molar refractivity (Wildman–Crippen MR) is 61.7 cm³/mol. The Hall–Kier alpha value is -0.850. The number of aromatic nitrogens is 1. The molecule has 1 heterocycles. The molecule has 0 bridgehead atoms. The second-order valence-electron chi connectivity index (χ2n) is 4.24. The first-order valence-electron chi connectivity index (χ1n) is 5.61. The van der Waals surface area contributed by atoms with Crippen molar-refractivity contribution in [3.8, 4) is 0 Å². The van der Waals surface area contributed by atoms with Crippen LogP contribution in [0.5, 0.6) is 0 Å². The topological polar surface area (TPSA) is 12.9 Å². The van der Waals surface area contributed by atoms with Gasteiger partial charge in [0.2, 0.25) is 0 Å². The molecule has 78 valence electrons. The Kier molecular flexibility index (Phi) is 4.12. The van der Waals surface area contributed by atoms with Gasteiger partial charge in [-0.2, -0.15) is 0 Å². The first-order valence-corrected chi connectivity index (χ1v) is 5.61. The second-order valence-corrected chi connectivity index (χ2v) is 4.24. The molecule has 0 aliphatic heterocycles. The molecule has 1 heteroatoms. The van der Waals surface area contributed by atoms with Crippen molar-refractivity contribution in [2.75, 3.05) is 0 Å². The van der Waals surface area contributed by atoms with Gasteiger partial charge in [-0.05, 0) is 37.3 Å². The maximum absolute atomic E-state index is 4.63. The molecule has 0 spiro atoms. The van der Waals surface area contributed by atoms with Crippen molar-refractivity contribution in [1.82, 2.24) is 4.98 Å². The fraction of sp³-hybridized carbons (Fsp3) is 0.615. The summed E-state index contributed by atoms with van der Waals surface area (Å²) in [6.45, 7) is 8.77. The van der Waals surface area contributed by atoms with Crippen LogP contribution in [0.3, 0.4) is 0 Å². The quantitative estimate of drug-likeness (QED) is 0.704. The first kappa shape index (κ1) is 11.2. The third kappa shape index (κ3) is 2.83. The minimum absolute atomic E-state index is 0.586. The summed E-state index contributed by atoms with van der Waals surface area (Å²) in [4.78, 5) is 4.63. The summed E-state index contributed by atoms with van der Waals surface area (Å²) in [6, 6.07) is 4.41. The van der Waals surface area contributed by atoms with E-state index in [2.05, 4.69) is 44.8 Å². The molecule has 1 rings (SSSR count). The molecule has 1 aromatic heterocycles. The van der Waals surface area contributed by atoms with Crippen LogP contribution in [0, 0.1) is 6.92 Å². The lowest BCUT2D eigenvalue weighted by atomic mass is 10.0. The van der Waals surface area contributed by atoms with Crippen LogP contribution in [-0.2, 0) is 6.42 Å². The molecule has 0 saturated carbocycles. The monoisotopic (exact) mass is 191 g/mol. The van der Waals surface area contributed by atoms with E-state index in [1.807, 2.05) is 0 Å². The third-order valence-corrected chi connectivity index (χ3v) is 2.59. The molecule has 0 radical (unpaired) electrons. The average Bonchev–Trinajstić information content (AvgIpc) is 2.14. The molecule has 1 nitrogen and oxygen atoms in total. The zero-order valence-electron chi connectivity index (χ0n) is 9.80. The lowest BCUT2D eigenvalue weighted by Crippen LogP contribution is -1.98. The summed E-state index contributed by atoms with van der Waals surface area (Å²) < 4.78 is 0. The maximum Gasteiger partial charge on any atom is 0.0410 e. The highest BCUT2D eigenvalue weighted by Gasteiger charge is 2.04. The van der Waals surface area contributed by atoms with Crippen LogP contribution in [0.2, 0.25) is 0 Å². The molecule has 0 aromatic carbocycles. The highest BCUT2D eigenvalue weighted by atomic mass is 14.7. The number of aryl methyl sites for hydroxylation is 2. The standard InChI is InChI=1S/C13H21N/c1-5-6-7-12-8-9-13(10(2)3)11(4)14-12/h8-10H,5-7H2,1-4H3. The van der Waals surface area contributed by atoms with Crippen LogP contribution in [0.15, 0.2) is 12.1 Å². The van der Waals surface area contributed by atoms with Crippen molar-refractivity contribution in [1.29, 1.82) is 0 Å². The Labute approximate surface area is 87.6 Å². The van der Waals surface area contributed by atoms with Crippen molar-refractivity contribution in [3.05, 3.63) is 29.1 Å². The number of nitrogens with zero attached hydrogens (tertiary/aromatic N) is 1. The second kappa shape index (κ2) is 5.14. The van der Waals surface area contributed by atoms with Crippen LogP contribution in [-0.4, -0.2) is 4.98 Å². The van der Waals surface area contributed by atoms with Crippen LogP contribution >= 0.6 is 0 Å². The van der Waals surface area contributed by atoms with E-state index >= 15 is 0 Å². The lowest BCUT2D eigenvalue weighted by Gasteiger charge is -2.10. The van der Waals surface area contributed by atoms with Crippen molar-refractivity contribution in [2.45, 2.75) is 52.9 Å². The molecule has 0 N–H and O–H groups in total. The summed E-state index contributed by atoms with van der Waals surface area (Å²) in [5, 5.41) is 0. The van der Waals surface area contributed by atoms with Gasteiger partial charge in [0, 0.05) is 11.4 Å². The largest absolute Gasteiger partial charge is 0.258 e. The van der Waals surface area contributed by atoms with Gasteiger partial charge in [0.25, 0.3) is 0 Å². The zero-order valence-corrected chi connectivity index (χ0v) is 9.80. The van der Waals surface area contributed by atoms with Gasteiger partial charge < -0.3 is 0 Å². The van der Waals surface area contributed by atoms with Gasteiger partial charge in [-0.15, -0.1) is 0 Å². The normalized spacial score (nSPS) is 10.9. The highest BCUT2D eigenvalue weighted by Crippen LogP contribution is 2.18. The summed E-state index contributed by atoms with van der Waals surface area (Å²) in [6.07, 6.45) is 3.61. The Morgan fingerprint density at radius 1 is 1.29 bits per heavy atom. The smallest absolute Gasteiger partial charge is 0.0410 e. The van der Waals surface area contributed by atoms with Gasteiger partial charge in [0.05, 0.1) is 0 Å². The fourth-order valence-corrected chi connectivity index (χ4v) is 1.73. The summed E-state index contributed by atoms with van der Waals surface area (Å²) in [5.41, 5.74) is 3.83. The molecule has 0 unspecified atom stereocenters. The Bertz CT molecular complexity index is 289. The first-order chi connectivity index (χ1) is 6.65. The molecule has 14 heavy (non-hydrogen) atoms. The minimum atomic E-state index is 0.586. The predicted octanol–water partition coefficient (Wildman–Crippen LogP) is 3.86. The molecular weight excluding hydrogens is 170 g/mol. The Morgan fingerprint density at radius 3 is 2.50 bits per heavy atom.